The van der Waals surface area contributed by atoms with Crippen LogP contribution in [0.25, 0.3) is 11.1 Å². The zero-order valence-corrected chi connectivity index (χ0v) is 16.4. The van der Waals surface area contributed by atoms with Gasteiger partial charge in [-0.3, -0.25) is 4.79 Å². The van der Waals surface area contributed by atoms with Crippen molar-refractivity contribution in [2.45, 2.75) is 19.3 Å². The van der Waals surface area contributed by atoms with Gasteiger partial charge in [0.2, 0.25) is 0 Å². The lowest BCUT2D eigenvalue weighted by molar-refractivity contribution is 0.0746. The highest BCUT2D eigenvalue weighted by atomic mass is 16.2. The van der Waals surface area contributed by atoms with E-state index >= 15 is 0 Å². The molecule has 3 aromatic rings. The SMILES string of the molecule is O=C(c1ccc(-c2ccccc2)cc1)N1CCN(c2cc3c(nn2)CCC3)CC1. The first-order chi connectivity index (χ1) is 14.3. The standard InChI is InChI=1S/C24H24N4O/c29-24(20-11-9-19(10-12-20)18-5-2-1-3-6-18)28-15-13-27(14-16-28)23-17-21-7-4-8-22(21)25-26-23/h1-3,5-6,9-12,17H,4,7-8,13-16H2. The highest BCUT2D eigenvalue weighted by molar-refractivity contribution is 5.94. The van der Waals surface area contributed by atoms with Gasteiger partial charge < -0.3 is 9.80 Å². The Morgan fingerprint density at radius 3 is 2.28 bits per heavy atom. The van der Waals surface area contributed by atoms with Crippen LogP contribution in [0.5, 0.6) is 0 Å². The number of aromatic nitrogens is 2. The molecule has 1 aliphatic carbocycles. The topological polar surface area (TPSA) is 49.3 Å². The normalized spacial score (nSPS) is 16.0. The van der Waals surface area contributed by atoms with Crippen molar-refractivity contribution >= 4 is 11.7 Å². The molecule has 2 aromatic carbocycles. The van der Waals surface area contributed by atoms with Gasteiger partial charge in [0.05, 0.1) is 5.69 Å². The molecule has 1 amide bonds. The number of piperazine rings is 1. The van der Waals surface area contributed by atoms with Gasteiger partial charge in [0.15, 0.2) is 5.82 Å². The Morgan fingerprint density at radius 1 is 0.793 bits per heavy atom. The number of amides is 1. The minimum Gasteiger partial charge on any atom is -0.352 e. The number of fused-ring (bicyclic) bond motifs is 1. The molecule has 1 aliphatic heterocycles. The van der Waals surface area contributed by atoms with Crippen LogP contribution in [0.1, 0.15) is 28.0 Å². The highest BCUT2D eigenvalue weighted by Gasteiger charge is 2.24. The lowest BCUT2D eigenvalue weighted by Crippen LogP contribution is -2.49. The Hall–Kier alpha value is -3.21. The predicted molar refractivity (Wildman–Crippen MR) is 114 cm³/mol. The van der Waals surface area contributed by atoms with Gasteiger partial charge in [0.25, 0.3) is 5.91 Å². The third-order valence-corrected chi connectivity index (χ3v) is 5.94. The van der Waals surface area contributed by atoms with E-state index in [2.05, 4.69) is 33.3 Å². The molecule has 5 rings (SSSR count). The van der Waals surface area contributed by atoms with Crippen LogP contribution >= 0.6 is 0 Å². The fourth-order valence-electron chi connectivity index (χ4n) is 4.23. The zero-order chi connectivity index (χ0) is 19.6. The van der Waals surface area contributed by atoms with Crippen LogP contribution in [0, 0.1) is 0 Å². The molecule has 1 saturated heterocycles. The minimum atomic E-state index is 0.101. The lowest BCUT2D eigenvalue weighted by Gasteiger charge is -2.35. The van der Waals surface area contributed by atoms with Gasteiger partial charge in [-0.2, -0.15) is 5.10 Å². The van der Waals surface area contributed by atoms with Crippen LogP contribution < -0.4 is 4.90 Å². The van der Waals surface area contributed by atoms with Gasteiger partial charge >= 0.3 is 0 Å². The van der Waals surface area contributed by atoms with Gasteiger partial charge in [-0.05, 0) is 54.2 Å². The zero-order valence-electron chi connectivity index (χ0n) is 16.4. The number of hydrogen-bond donors (Lipinski definition) is 0. The Kier molecular flexibility index (Phi) is 4.72. The maximum absolute atomic E-state index is 12.9. The van der Waals surface area contributed by atoms with Gasteiger partial charge in [-0.15, -0.1) is 5.10 Å². The van der Waals surface area contributed by atoms with E-state index in [4.69, 9.17) is 0 Å². The number of hydrogen-bond acceptors (Lipinski definition) is 4. The number of carbonyl (C=O) groups excluding carboxylic acids is 1. The average molecular weight is 384 g/mol. The summed E-state index contributed by atoms with van der Waals surface area (Å²) < 4.78 is 0. The van der Waals surface area contributed by atoms with Crippen molar-refractivity contribution in [3.05, 3.63) is 77.5 Å². The maximum atomic E-state index is 12.9. The molecule has 0 atom stereocenters. The molecule has 0 bridgehead atoms. The fraction of sp³-hybridized carbons (Fsp3) is 0.292. The van der Waals surface area contributed by atoms with Crippen molar-refractivity contribution in [3.8, 4) is 11.1 Å². The second-order valence-corrected chi connectivity index (χ2v) is 7.75. The molecule has 146 valence electrons. The first kappa shape index (κ1) is 17.9. The molecular formula is C24H24N4O. The van der Waals surface area contributed by atoms with Crippen molar-refractivity contribution in [3.63, 3.8) is 0 Å². The van der Waals surface area contributed by atoms with E-state index in [0.717, 1.165) is 54.1 Å². The summed E-state index contributed by atoms with van der Waals surface area (Å²) in [6.07, 6.45) is 3.34. The van der Waals surface area contributed by atoms with Crippen LogP contribution in [0.4, 0.5) is 5.82 Å². The number of nitrogens with zero attached hydrogens (tertiary/aromatic N) is 4. The number of anilines is 1. The van der Waals surface area contributed by atoms with Crippen molar-refractivity contribution < 1.29 is 4.79 Å². The smallest absolute Gasteiger partial charge is 0.253 e. The Bertz CT molecular complexity index is 1010. The molecule has 1 aromatic heterocycles. The summed E-state index contributed by atoms with van der Waals surface area (Å²) in [6, 6.07) is 20.3. The van der Waals surface area contributed by atoms with E-state index < -0.39 is 0 Å². The van der Waals surface area contributed by atoms with E-state index in [0.29, 0.717) is 13.1 Å². The third kappa shape index (κ3) is 3.60. The second-order valence-electron chi connectivity index (χ2n) is 7.75. The number of rotatable bonds is 3. The summed E-state index contributed by atoms with van der Waals surface area (Å²) in [5, 5.41) is 8.81. The number of carbonyl (C=O) groups is 1. The first-order valence-corrected chi connectivity index (χ1v) is 10.3. The quantitative estimate of drug-likeness (QED) is 0.692. The van der Waals surface area contributed by atoms with Crippen LogP contribution in [0.3, 0.4) is 0 Å². The van der Waals surface area contributed by atoms with E-state index in [1.54, 1.807) is 0 Å². The summed E-state index contributed by atoms with van der Waals surface area (Å²) in [6.45, 7) is 3.00. The molecule has 0 spiro atoms. The predicted octanol–water partition coefficient (Wildman–Crippen LogP) is 3.59. The monoisotopic (exact) mass is 384 g/mol. The summed E-state index contributed by atoms with van der Waals surface area (Å²) in [5.41, 5.74) is 5.53. The van der Waals surface area contributed by atoms with Crippen molar-refractivity contribution in [1.29, 1.82) is 0 Å². The molecule has 2 aliphatic rings. The fourth-order valence-corrected chi connectivity index (χ4v) is 4.23. The average Bonchev–Trinajstić information content (AvgIpc) is 3.27. The molecule has 2 heterocycles. The number of aryl methyl sites for hydroxylation is 2. The molecule has 1 fully saturated rings. The van der Waals surface area contributed by atoms with Gasteiger partial charge in [0.1, 0.15) is 0 Å². The minimum absolute atomic E-state index is 0.101. The van der Waals surface area contributed by atoms with Crippen molar-refractivity contribution in [1.82, 2.24) is 15.1 Å². The van der Waals surface area contributed by atoms with Crippen LogP contribution in [-0.2, 0) is 12.8 Å². The second kappa shape index (κ2) is 7.66. The van der Waals surface area contributed by atoms with Crippen LogP contribution in [-0.4, -0.2) is 47.2 Å². The third-order valence-electron chi connectivity index (χ3n) is 5.94. The van der Waals surface area contributed by atoms with Crippen LogP contribution in [0.2, 0.25) is 0 Å². The number of benzene rings is 2. The van der Waals surface area contributed by atoms with Gasteiger partial charge in [-0.25, -0.2) is 0 Å². The molecule has 0 N–H and O–H groups in total. The molecule has 0 saturated carbocycles. The van der Waals surface area contributed by atoms with Gasteiger partial charge in [-0.1, -0.05) is 42.5 Å². The lowest BCUT2D eigenvalue weighted by atomic mass is 10.0. The summed E-state index contributed by atoms with van der Waals surface area (Å²) in [4.78, 5) is 17.1. The molecule has 5 heteroatoms. The molecule has 5 nitrogen and oxygen atoms in total. The van der Waals surface area contributed by atoms with Crippen molar-refractivity contribution in [2.75, 3.05) is 31.1 Å². The Morgan fingerprint density at radius 2 is 1.52 bits per heavy atom. The summed E-state index contributed by atoms with van der Waals surface area (Å²) >= 11 is 0. The molecule has 0 radical (unpaired) electrons. The van der Waals surface area contributed by atoms with E-state index in [1.807, 2.05) is 47.4 Å². The van der Waals surface area contributed by atoms with Crippen LogP contribution in [0.15, 0.2) is 60.7 Å². The van der Waals surface area contributed by atoms with E-state index in [9.17, 15) is 4.79 Å². The maximum Gasteiger partial charge on any atom is 0.253 e. The summed E-state index contributed by atoms with van der Waals surface area (Å²) in [5.74, 6) is 1.05. The first-order valence-electron chi connectivity index (χ1n) is 10.3. The molecular weight excluding hydrogens is 360 g/mol. The van der Waals surface area contributed by atoms with Crippen molar-refractivity contribution in [2.24, 2.45) is 0 Å². The van der Waals surface area contributed by atoms with E-state index in [-0.39, 0.29) is 5.91 Å². The molecule has 29 heavy (non-hydrogen) atoms. The Labute approximate surface area is 171 Å². The summed E-state index contributed by atoms with van der Waals surface area (Å²) in [7, 11) is 0. The highest BCUT2D eigenvalue weighted by Crippen LogP contribution is 2.24. The van der Waals surface area contributed by atoms with Gasteiger partial charge in [0, 0.05) is 31.7 Å². The molecule has 0 unspecified atom stereocenters. The largest absolute Gasteiger partial charge is 0.352 e. The Balaban J connectivity index is 1.23. The van der Waals surface area contributed by atoms with E-state index in [1.165, 1.54) is 12.0 Å².